The monoisotopic (exact) mass is 726 g/mol. The SMILES string of the molecule is CCCCCCCCCCC(CCCCCCCCCCNCCCCCCCCOOO)OC(=O)C(CCCCCC)CCCCCCCC. The van der Waals surface area contributed by atoms with Gasteiger partial charge in [0, 0.05) is 0 Å². The molecule has 0 spiro atoms. The summed E-state index contributed by atoms with van der Waals surface area (Å²) in [5.74, 6) is 0.244. The third kappa shape index (κ3) is 38.8. The predicted octanol–water partition coefficient (Wildman–Crippen LogP) is 14.6. The van der Waals surface area contributed by atoms with E-state index in [1.54, 1.807) is 0 Å². The van der Waals surface area contributed by atoms with Gasteiger partial charge in [-0.15, -0.1) is 0 Å². The van der Waals surface area contributed by atoms with Gasteiger partial charge in [-0.25, -0.2) is 10.1 Å². The van der Waals surface area contributed by atoms with E-state index >= 15 is 0 Å². The molecular formula is C45H91NO5. The van der Waals surface area contributed by atoms with E-state index in [-0.39, 0.29) is 18.0 Å². The van der Waals surface area contributed by atoms with Crippen molar-refractivity contribution in [3.8, 4) is 0 Å². The zero-order valence-corrected chi connectivity index (χ0v) is 34.8. The van der Waals surface area contributed by atoms with Crippen LogP contribution in [-0.4, -0.2) is 37.0 Å². The Labute approximate surface area is 319 Å². The second kappa shape index (κ2) is 43.7. The molecule has 6 heteroatoms. The number of carbonyl (C=O) groups is 1. The first-order chi connectivity index (χ1) is 25.2. The van der Waals surface area contributed by atoms with Crippen LogP contribution in [0, 0.1) is 5.92 Å². The Kier molecular flexibility index (Phi) is 43.1. The van der Waals surface area contributed by atoms with Crippen LogP contribution in [0.1, 0.15) is 252 Å². The van der Waals surface area contributed by atoms with Crippen LogP contribution in [0.5, 0.6) is 0 Å². The largest absolute Gasteiger partial charge is 0.462 e. The van der Waals surface area contributed by atoms with E-state index in [1.165, 1.54) is 193 Å². The number of rotatable bonds is 44. The highest BCUT2D eigenvalue weighted by Gasteiger charge is 2.23. The molecule has 0 saturated carbocycles. The minimum absolute atomic E-state index is 0.112. The molecule has 0 aromatic rings. The second-order valence-corrected chi connectivity index (χ2v) is 15.8. The van der Waals surface area contributed by atoms with E-state index in [1.807, 2.05) is 0 Å². The van der Waals surface area contributed by atoms with Crippen molar-refractivity contribution >= 4 is 5.97 Å². The van der Waals surface area contributed by atoms with E-state index in [0.29, 0.717) is 6.61 Å². The summed E-state index contributed by atoms with van der Waals surface area (Å²) in [6.45, 7) is 9.58. The lowest BCUT2D eigenvalue weighted by molar-refractivity contribution is -0.490. The van der Waals surface area contributed by atoms with Gasteiger partial charge < -0.3 is 10.1 Å². The third-order valence-electron chi connectivity index (χ3n) is 10.8. The van der Waals surface area contributed by atoms with Crippen LogP contribution < -0.4 is 5.32 Å². The maximum Gasteiger partial charge on any atom is 0.309 e. The summed E-state index contributed by atoms with van der Waals surface area (Å²) in [4.78, 5) is 18.1. The first kappa shape index (κ1) is 50.3. The van der Waals surface area contributed by atoms with Gasteiger partial charge in [0.2, 0.25) is 0 Å². The van der Waals surface area contributed by atoms with Crippen molar-refractivity contribution in [2.45, 2.75) is 258 Å². The molecule has 0 aromatic heterocycles. The summed E-state index contributed by atoms with van der Waals surface area (Å²) in [6.07, 6.45) is 45.2. The average molecular weight is 726 g/mol. The van der Waals surface area contributed by atoms with E-state index in [9.17, 15) is 4.79 Å². The van der Waals surface area contributed by atoms with Crippen LogP contribution in [-0.2, 0) is 19.5 Å². The highest BCUT2D eigenvalue weighted by atomic mass is 17.5. The number of ether oxygens (including phenoxy) is 1. The van der Waals surface area contributed by atoms with Crippen molar-refractivity contribution in [2.24, 2.45) is 5.92 Å². The predicted molar refractivity (Wildman–Crippen MR) is 219 cm³/mol. The molecule has 0 radical (unpaired) electrons. The van der Waals surface area contributed by atoms with Gasteiger partial charge in [-0.1, -0.05) is 199 Å². The first-order valence-corrected chi connectivity index (χ1v) is 23.0. The molecule has 0 aliphatic carbocycles. The molecule has 0 aliphatic heterocycles. The number of nitrogens with one attached hydrogen (secondary N) is 1. The Morgan fingerprint density at radius 3 is 1.20 bits per heavy atom. The molecule has 51 heavy (non-hydrogen) atoms. The maximum absolute atomic E-state index is 13.6. The summed E-state index contributed by atoms with van der Waals surface area (Å²) >= 11 is 0. The lowest BCUT2D eigenvalue weighted by Gasteiger charge is -2.22. The lowest BCUT2D eigenvalue weighted by Crippen LogP contribution is -2.25. The van der Waals surface area contributed by atoms with Gasteiger partial charge in [0.15, 0.2) is 0 Å². The normalized spacial score (nSPS) is 12.8. The summed E-state index contributed by atoms with van der Waals surface area (Å²) < 4.78 is 6.41. The van der Waals surface area contributed by atoms with Crippen molar-refractivity contribution in [1.29, 1.82) is 0 Å². The van der Waals surface area contributed by atoms with Crippen LogP contribution in [0.4, 0.5) is 0 Å². The fraction of sp³-hybridized carbons (Fsp3) is 0.978. The Hall–Kier alpha value is -0.690. The lowest BCUT2D eigenvalue weighted by atomic mass is 9.94. The number of hydrogen-bond donors (Lipinski definition) is 2. The first-order valence-electron chi connectivity index (χ1n) is 23.0. The zero-order chi connectivity index (χ0) is 37.1. The van der Waals surface area contributed by atoms with E-state index < -0.39 is 0 Å². The molecule has 2 atom stereocenters. The van der Waals surface area contributed by atoms with Crippen LogP contribution in [0.3, 0.4) is 0 Å². The summed E-state index contributed by atoms with van der Waals surface area (Å²) in [6, 6.07) is 0. The molecule has 0 amide bonds. The molecule has 0 bridgehead atoms. The fourth-order valence-electron chi connectivity index (χ4n) is 7.36. The topological polar surface area (TPSA) is 77.0 Å². The van der Waals surface area contributed by atoms with Gasteiger partial charge in [0.05, 0.1) is 12.5 Å². The van der Waals surface area contributed by atoms with Gasteiger partial charge in [-0.05, 0) is 70.9 Å². The van der Waals surface area contributed by atoms with Crippen molar-refractivity contribution in [3.05, 3.63) is 0 Å². The Balaban J connectivity index is 4.33. The molecule has 0 heterocycles. The van der Waals surface area contributed by atoms with Crippen molar-refractivity contribution in [1.82, 2.24) is 5.32 Å². The molecule has 0 fully saturated rings. The quantitative estimate of drug-likeness (QED) is 0.0282. The van der Waals surface area contributed by atoms with Gasteiger partial charge >= 0.3 is 5.97 Å². The summed E-state index contributed by atoms with van der Waals surface area (Å²) in [5, 5.41) is 15.4. The number of unbranched alkanes of at least 4 members (excludes halogenated alkanes) is 27. The highest BCUT2D eigenvalue weighted by Crippen LogP contribution is 2.24. The molecular weight excluding hydrogens is 634 g/mol. The third-order valence-corrected chi connectivity index (χ3v) is 10.8. The average Bonchev–Trinajstić information content (AvgIpc) is 3.13. The second-order valence-electron chi connectivity index (χ2n) is 15.8. The van der Waals surface area contributed by atoms with Gasteiger partial charge in [-0.2, -0.15) is 0 Å². The van der Waals surface area contributed by atoms with Crippen molar-refractivity contribution < 1.29 is 24.7 Å². The van der Waals surface area contributed by atoms with E-state index in [2.05, 4.69) is 36.0 Å². The Morgan fingerprint density at radius 1 is 0.451 bits per heavy atom. The zero-order valence-electron chi connectivity index (χ0n) is 34.8. The Bertz CT molecular complexity index is 663. The smallest absolute Gasteiger partial charge is 0.309 e. The van der Waals surface area contributed by atoms with Crippen molar-refractivity contribution in [3.63, 3.8) is 0 Å². The molecule has 0 rings (SSSR count). The summed E-state index contributed by atoms with van der Waals surface area (Å²) in [7, 11) is 0. The Morgan fingerprint density at radius 2 is 0.784 bits per heavy atom. The molecule has 306 valence electrons. The number of carbonyl (C=O) groups excluding carboxylic acids is 1. The van der Waals surface area contributed by atoms with Gasteiger partial charge in [0.1, 0.15) is 6.10 Å². The fourth-order valence-corrected chi connectivity index (χ4v) is 7.36. The number of esters is 1. The molecule has 0 aliphatic rings. The standard InChI is InChI=1S/C45H91NO5/c1-4-7-10-13-15-18-24-31-38-44(50-45(47)43(36-29-12-9-6-3)37-30-23-14-11-8-5-2)39-32-25-19-16-17-20-26-33-40-46-41-34-27-21-22-28-35-42-49-51-48/h43-44,46,48H,4-42H2,1-3H3. The van der Waals surface area contributed by atoms with E-state index in [0.717, 1.165) is 51.6 Å². The molecule has 2 N–H and O–H groups in total. The van der Waals surface area contributed by atoms with Crippen LogP contribution in [0.25, 0.3) is 0 Å². The minimum atomic E-state index is 0.112. The summed E-state index contributed by atoms with van der Waals surface area (Å²) in [5.41, 5.74) is 0. The maximum atomic E-state index is 13.6. The van der Waals surface area contributed by atoms with Crippen molar-refractivity contribution in [2.75, 3.05) is 19.7 Å². The van der Waals surface area contributed by atoms with Crippen LogP contribution in [0.2, 0.25) is 0 Å². The van der Waals surface area contributed by atoms with Gasteiger partial charge in [-0.3, -0.25) is 4.79 Å². The molecule has 6 nitrogen and oxygen atoms in total. The molecule has 0 aromatic carbocycles. The van der Waals surface area contributed by atoms with Gasteiger partial charge in [0.25, 0.3) is 0 Å². The number of hydrogen-bond acceptors (Lipinski definition) is 6. The molecule has 2 unspecified atom stereocenters. The molecule has 0 saturated heterocycles. The highest BCUT2D eigenvalue weighted by molar-refractivity contribution is 5.72. The minimum Gasteiger partial charge on any atom is -0.462 e. The van der Waals surface area contributed by atoms with Crippen LogP contribution >= 0.6 is 0 Å². The van der Waals surface area contributed by atoms with Crippen LogP contribution in [0.15, 0.2) is 0 Å². The van der Waals surface area contributed by atoms with E-state index in [4.69, 9.17) is 9.99 Å².